The molecule has 20 heavy (non-hydrogen) atoms. The number of nitrogens with one attached hydrogen (secondary N) is 1. The predicted octanol–water partition coefficient (Wildman–Crippen LogP) is 1.52. The minimum absolute atomic E-state index is 0.0994. The number of nitrogens with zero attached hydrogens (tertiary/aromatic N) is 2. The molecular weight excluding hydrogens is 254 g/mol. The van der Waals surface area contributed by atoms with Crippen molar-refractivity contribution in [3.05, 3.63) is 0 Å². The average molecular weight is 285 g/mol. The third-order valence-corrected chi connectivity index (χ3v) is 3.94. The maximum absolute atomic E-state index is 11.7. The van der Waals surface area contributed by atoms with Crippen molar-refractivity contribution in [1.29, 1.82) is 0 Å². The first-order chi connectivity index (χ1) is 9.49. The van der Waals surface area contributed by atoms with E-state index in [2.05, 4.69) is 17.1 Å². The van der Waals surface area contributed by atoms with Crippen LogP contribution in [0.25, 0.3) is 0 Å². The van der Waals surface area contributed by atoms with E-state index in [0.717, 1.165) is 25.3 Å². The predicted molar refractivity (Wildman–Crippen MR) is 81.8 cm³/mol. The Kier molecular flexibility index (Phi) is 7.92. The van der Waals surface area contributed by atoms with Gasteiger partial charge in [-0.15, -0.1) is 0 Å². The number of hydrogen-bond donors (Lipinski definition) is 2. The summed E-state index contributed by atoms with van der Waals surface area (Å²) in [5.74, 6) is 0.884. The fourth-order valence-electron chi connectivity index (χ4n) is 2.56. The van der Waals surface area contributed by atoms with Crippen LogP contribution in [-0.2, 0) is 0 Å². The lowest BCUT2D eigenvalue weighted by molar-refractivity contribution is 0.143. The Morgan fingerprint density at radius 1 is 1.40 bits per heavy atom. The van der Waals surface area contributed by atoms with Crippen molar-refractivity contribution >= 4 is 6.03 Å². The Hall–Kier alpha value is -0.810. The van der Waals surface area contributed by atoms with Crippen molar-refractivity contribution in [3.8, 4) is 0 Å². The molecule has 0 aliphatic carbocycles. The summed E-state index contributed by atoms with van der Waals surface area (Å²) >= 11 is 0. The molecule has 1 atom stereocenters. The maximum Gasteiger partial charge on any atom is 0.317 e. The largest absolute Gasteiger partial charge is 0.392 e. The van der Waals surface area contributed by atoms with Gasteiger partial charge in [0, 0.05) is 20.1 Å². The second kappa shape index (κ2) is 9.19. The van der Waals surface area contributed by atoms with Crippen molar-refractivity contribution in [2.24, 2.45) is 5.92 Å². The number of piperidine rings is 1. The second-order valence-electron chi connectivity index (χ2n) is 6.19. The topological polar surface area (TPSA) is 55.8 Å². The monoisotopic (exact) mass is 285 g/mol. The van der Waals surface area contributed by atoms with Crippen LogP contribution in [0.2, 0.25) is 0 Å². The van der Waals surface area contributed by atoms with E-state index in [1.807, 2.05) is 0 Å². The van der Waals surface area contributed by atoms with E-state index in [-0.39, 0.29) is 6.03 Å². The Bertz CT molecular complexity index is 276. The van der Waals surface area contributed by atoms with Gasteiger partial charge in [0.2, 0.25) is 0 Å². The number of urea groups is 1. The maximum atomic E-state index is 11.7. The lowest BCUT2D eigenvalue weighted by Crippen LogP contribution is -2.41. The van der Waals surface area contributed by atoms with Crippen molar-refractivity contribution in [1.82, 2.24) is 15.1 Å². The van der Waals surface area contributed by atoms with E-state index < -0.39 is 6.10 Å². The summed E-state index contributed by atoms with van der Waals surface area (Å²) in [6.07, 6.45) is 4.31. The van der Waals surface area contributed by atoms with Gasteiger partial charge in [0.15, 0.2) is 0 Å². The number of likely N-dealkylation sites (N-methyl/N-ethyl adjacent to an activating group) is 1. The fourth-order valence-corrected chi connectivity index (χ4v) is 2.56. The molecular formula is C15H31N3O2. The van der Waals surface area contributed by atoms with Crippen molar-refractivity contribution in [2.75, 3.05) is 39.8 Å². The van der Waals surface area contributed by atoms with Gasteiger partial charge >= 0.3 is 6.03 Å². The van der Waals surface area contributed by atoms with Crippen LogP contribution in [0.15, 0.2) is 0 Å². The molecule has 1 heterocycles. The Labute approximate surface area is 123 Å². The lowest BCUT2D eigenvalue weighted by Gasteiger charge is -2.30. The van der Waals surface area contributed by atoms with Crippen LogP contribution in [0.4, 0.5) is 4.79 Å². The highest BCUT2D eigenvalue weighted by Crippen LogP contribution is 2.15. The van der Waals surface area contributed by atoms with E-state index in [0.29, 0.717) is 13.1 Å². The molecule has 1 aliphatic heterocycles. The molecule has 0 spiro atoms. The number of aliphatic hydroxyl groups excluding tert-OH is 1. The number of carbonyl (C=O) groups excluding carboxylic acids is 1. The SMILES string of the molecule is CC(O)CN(C)C(=O)NCCCCN1CCC(C)CC1. The highest BCUT2D eigenvalue weighted by Gasteiger charge is 2.15. The summed E-state index contributed by atoms with van der Waals surface area (Å²) in [5.41, 5.74) is 0. The molecule has 0 aromatic heterocycles. The summed E-state index contributed by atoms with van der Waals surface area (Å²) in [5, 5.41) is 12.1. The van der Waals surface area contributed by atoms with Gasteiger partial charge in [0.05, 0.1) is 6.10 Å². The molecule has 0 saturated carbocycles. The number of likely N-dealkylation sites (tertiary alicyclic amines) is 1. The molecule has 118 valence electrons. The fraction of sp³-hybridized carbons (Fsp3) is 0.933. The van der Waals surface area contributed by atoms with E-state index in [1.54, 1.807) is 14.0 Å². The molecule has 0 aromatic carbocycles. The molecule has 2 N–H and O–H groups in total. The van der Waals surface area contributed by atoms with Gasteiger partial charge in [0.1, 0.15) is 0 Å². The molecule has 1 aliphatic rings. The number of amides is 2. The summed E-state index contributed by atoms with van der Waals surface area (Å²) in [6.45, 7) is 8.70. The Balaban J connectivity index is 2.00. The summed E-state index contributed by atoms with van der Waals surface area (Å²) in [4.78, 5) is 15.7. The van der Waals surface area contributed by atoms with Crippen LogP contribution in [0.1, 0.15) is 39.5 Å². The van der Waals surface area contributed by atoms with E-state index in [4.69, 9.17) is 0 Å². The molecule has 5 heteroatoms. The molecule has 5 nitrogen and oxygen atoms in total. The molecule has 0 bridgehead atoms. The molecule has 0 radical (unpaired) electrons. The zero-order valence-electron chi connectivity index (χ0n) is 13.3. The molecule has 2 amide bonds. The standard InChI is InChI=1S/C15H31N3O2/c1-13-6-10-18(11-7-13)9-5-4-8-16-15(20)17(3)12-14(2)19/h13-14,19H,4-12H2,1-3H3,(H,16,20). The number of rotatable bonds is 7. The van der Waals surface area contributed by atoms with Gasteiger partial charge < -0.3 is 20.2 Å². The van der Waals surface area contributed by atoms with Crippen LogP contribution in [0, 0.1) is 5.92 Å². The number of carbonyl (C=O) groups is 1. The van der Waals surface area contributed by atoms with Crippen molar-refractivity contribution in [3.63, 3.8) is 0 Å². The van der Waals surface area contributed by atoms with Crippen LogP contribution < -0.4 is 5.32 Å². The smallest absolute Gasteiger partial charge is 0.317 e. The summed E-state index contributed by atoms with van der Waals surface area (Å²) in [6, 6.07) is -0.0994. The first kappa shape index (κ1) is 17.2. The van der Waals surface area contributed by atoms with E-state index >= 15 is 0 Å². The second-order valence-corrected chi connectivity index (χ2v) is 6.19. The third kappa shape index (κ3) is 7.10. The number of hydrogen-bond acceptors (Lipinski definition) is 3. The highest BCUT2D eigenvalue weighted by atomic mass is 16.3. The van der Waals surface area contributed by atoms with Crippen molar-refractivity contribution in [2.45, 2.75) is 45.6 Å². The number of unbranched alkanes of at least 4 members (excludes halogenated alkanes) is 1. The average Bonchev–Trinajstić information content (AvgIpc) is 2.39. The highest BCUT2D eigenvalue weighted by molar-refractivity contribution is 5.73. The zero-order valence-corrected chi connectivity index (χ0v) is 13.3. The Morgan fingerprint density at radius 3 is 2.65 bits per heavy atom. The zero-order chi connectivity index (χ0) is 15.0. The van der Waals surface area contributed by atoms with Crippen molar-refractivity contribution < 1.29 is 9.90 Å². The first-order valence-electron chi connectivity index (χ1n) is 7.88. The minimum atomic E-state index is -0.479. The minimum Gasteiger partial charge on any atom is -0.392 e. The van der Waals surface area contributed by atoms with Gasteiger partial charge in [-0.1, -0.05) is 6.92 Å². The summed E-state index contributed by atoms with van der Waals surface area (Å²) in [7, 11) is 1.71. The third-order valence-electron chi connectivity index (χ3n) is 3.94. The van der Waals surface area contributed by atoms with Gasteiger partial charge in [-0.2, -0.15) is 0 Å². The van der Waals surface area contributed by atoms with Crippen LogP contribution in [-0.4, -0.2) is 66.8 Å². The first-order valence-corrected chi connectivity index (χ1v) is 7.88. The van der Waals surface area contributed by atoms with Gasteiger partial charge in [-0.3, -0.25) is 0 Å². The van der Waals surface area contributed by atoms with Crippen LogP contribution >= 0.6 is 0 Å². The van der Waals surface area contributed by atoms with Crippen LogP contribution in [0.3, 0.4) is 0 Å². The Morgan fingerprint density at radius 2 is 2.05 bits per heavy atom. The molecule has 1 unspecified atom stereocenters. The molecule has 1 rings (SSSR count). The van der Waals surface area contributed by atoms with E-state index in [9.17, 15) is 9.90 Å². The van der Waals surface area contributed by atoms with Gasteiger partial charge in [0.25, 0.3) is 0 Å². The van der Waals surface area contributed by atoms with Gasteiger partial charge in [-0.25, -0.2) is 4.79 Å². The van der Waals surface area contributed by atoms with Gasteiger partial charge in [-0.05, 0) is 58.2 Å². The summed E-state index contributed by atoms with van der Waals surface area (Å²) < 4.78 is 0. The molecule has 1 fully saturated rings. The molecule has 1 saturated heterocycles. The molecule has 0 aromatic rings. The quantitative estimate of drug-likeness (QED) is 0.697. The normalized spacial score (nSPS) is 18.8. The van der Waals surface area contributed by atoms with E-state index in [1.165, 1.54) is 30.8 Å². The lowest BCUT2D eigenvalue weighted by atomic mass is 9.99. The van der Waals surface area contributed by atoms with Crippen LogP contribution in [0.5, 0.6) is 0 Å². The number of aliphatic hydroxyl groups is 1.